The highest BCUT2D eigenvalue weighted by atomic mass is 32.1. The predicted molar refractivity (Wildman–Crippen MR) is 145 cm³/mol. The van der Waals surface area contributed by atoms with Crippen LogP contribution in [-0.2, 0) is 16.6 Å². The molecule has 3 aromatic carbocycles. The Morgan fingerprint density at radius 3 is 2.31 bits per heavy atom. The Kier molecular flexibility index (Phi) is 7.60. The molecular weight excluding hydrogens is 468 g/mol. The van der Waals surface area contributed by atoms with E-state index in [2.05, 4.69) is 41.6 Å². The van der Waals surface area contributed by atoms with Gasteiger partial charge in [-0.05, 0) is 41.7 Å². The van der Waals surface area contributed by atoms with Crippen molar-refractivity contribution in [2.24, 2.45) is 0 Å². The zero-order valence-electron chi connectivity index (χ0n) is 20.9. The fourth-order valence-corrected chi connectivity index (χ4v) is 4.53. The van der Waals surface area contributed by atoms with E-state index in [-0.39, 0.29) is 17.2 Å². The molecule has 0 aliphatic carbocycles. The lowest BCUT2D eigenvalue weighted by Crippen LogP contribution is -2.45. The Morgan fingerprint density at radius 1 is 0.917 bits per heavy atom. The van der Waals surface area contributed by atoms with Crippen molar-refractivity contribution in [1.29, 1.82) is 0 Å². The van der Waals surface area contributed by atoms with Gasteiger partial charge in [-0.2, -0.15) is 0 Å². The minimum Gasteiger partial charge on any atom is -0.340 e. The number of hydrogen-bond donors (Lipinski definition) is 2. The molecule has 1 aromatic heterocycles. The number of hydrogen-bond acceptors (Lipinski definition) is 5. The van der Waals surface area contributed by atoms with Gasteiger partial charge in [0, 0.05) is 17.5 Å². The van der Waals surface area contributed by atoms with E-state index >= 15 is 0 Å². The number of carbonyl (C=O) groups is 2. The third-order valence-corrected chi connectivity index (χ3v) is 6.73. The molecule has 36 heavy (non-hydrogen) atoms. The molecule has 1 heterocycles. The van der Waals surface area contributed by atoms with Gasteiger partial charge in [-0.3, -0.25) is 14.9 Å². The summed E-state index contributed by atoms with van der Waals surface area (Å²) in [7, 11) is 0. The van der Waals surface area contributed by atoms with E-state index in [1.807, 2.05) is 73.7 Å². The number of amides is 2. The van der Waals surface area contributed by atoms with E-state index in [0.29, 0.717) is 17.1 Å². The van der Waals surface area contributed by atoms with Crippen LogP contribution >= 0.6 is 11.3 Å². The summed E-state index contributed by atoms with van der Waals surface area (Å²) in [6.45, 7) is 8.39. The summed E-state index contributed by atoms with van der Waals surface area (Å²) in [5.74, 6) is -0.644. The Balaban J connectivity index is 1.51. The van der Waals surface area contributed by atoms with Gasteiger partial charge < -0.3 is 5.32 Å². The van der Waals surface area contributed by atoms with Crippen molar-refractivity contribution in [1.82, 2.24) is 15.5 Å². The van der Waals surface area contributed by atoms with E-state index < -0.39 is 6.04 Å². The van der Waals surface area contributed by atoms with Gasteiger partial charge >= 0.3 is 0 Å². The molecule has 0 bridgehead atoms. The Bertz CT molecular complexity index is 1340. The molecule has 0 unspecified atom stereocenters. The molecule has 0 radical (unpaired) electrons. The molecule has 184 valence electrons. The van der Waals surface area contributed by atoms with Gasteiger partial charge in [0.1, 0.15) is 11.0 Å². The molecule has 0 spiro atoms. The number of carbonyl (C=O) groups excluding carboxylic acids is 2. The molecule has 1 atom stereocenters. The summed E-state index contributed by atoms with van der Waals surface area (Å²) < 4.78 is 0. The Morgan fingerprint density at radius 2 is 1.64 bits per heavy atom. The zero-order chi connectivity index (χ0) is 25.7. The smallest absolute Gasteiger partial charge is 0.251 e. The molecule has 2 amide bonds. The summed E-state index contributed by atoms with van der Waals surface area (Å²) in [6.07, 6.45) is 0.349. The number of rotatable bonds is 7. The van der Waals surface area contributed by atoms with Crippen LogP contribution in [0.4, 0.5) is 5.13 Å². The van der Waals surface area contributed by atoms with Crippen molar-refractivity contribution in [2.75, 3.05) is 5.32 Å². The molecule has 7 heteroatoms. The van der Waals surface area contributed by atoms with Crippen molar-refractivity contribution in [3.63, 3.8) is 0 Å². The van der Waals surface area contributed by atoms with Gasteiger partial charge in [0.25, 0.3) is 5.91 Å². The second-order valence-electron chi connectivity index (χ2n) is 9.81. The summed E-state index contributed by atoms with van der Waals surface area (Å²) in [5.41, 5.74) is 4.64. The summed E-state index contributed by atoms with van der Waals surface area (Å²) >= 11 is 1.30. The number of benzene rings is 3. The number of nitrogens with zero attached hydrogens (tertiary/aromatic N) is 2. The minimum atomic E-state index is -0.784. The van der Waals surface area contributed by atoms with Crippen molar-refractivity contribution >= 4 is 28.3 Å². The van der Waals surface area contributed by atoms with Crippen LogP contribution in [0.1, 0.15) is 47.8 Å². The quantitative estimate of drug-likeness (QED) is 0.338. The normalized spacial score (nSPS) is 12.1. The standard InChI is InChI=1S/C29H30N4O2S/c1-19-9-8-12-22(17-19)27-32-33-28(36-27)31-26(35)24(18-20-10-6-5-7-11-20)30-25(34)21-13-15-23(16-14-21)29(2,3)4/h5-17,24H,18H2,1-4H3,(H,30,34)(H,31,33,35)/t24-/m0/s1. The average molecular weight is 499 g/mol. The van der Waals surface area contributed by atoms with E-state index in [9.17, 15) is 9.59 Å². The summed E-state index contributed by atoms with van der Waals surface area (Å²) in [6, 6.07) is 24.3. The van der Waals surface area contributed by atoms with Crippen molar-refractivity contribution in [3.8, 4) is 10.6 Å². The van der Waals surface area contributed by atoms with Crippen LogP contribution < -0.4 is 10.6 Å². The van der Waals surface area contributed by atoms with E-state index in [1.165, 1.54) is 11.3 Å². The highest BCUT2D eigenvalue weighted by molar-refractivity contribution is 7.18. The lowest BCUT2D eigenvalue weighted by Gasteiger charge is -2.20. The van der Waals surface area contributed by atoms with Gasteiger partial charge in [-0.25, -0.2) is 0 Å². The maximum atomic E-state index is 13.3. The predicted octanol–water partition coefficient (Wildman–Crippen LogP) is 5.79. The molecule has 4 rings (SSSR count). The summed E-state index contributed by atoms with van der Waals surface area (Å²) in [4.78, 5) is 26.4. The SMILES string of the molecule is Cc1cccc(-c2nnc(NC(=O)[C@H](Cc3ccccc3)NC(=O)c3ccc(C(C)(C)C)cc3)s2)c1. The average Bonchev–Trinajstić information content (AvgIpc) is 3.32. The fourth-order valence-electron chi connectivity index (χ4n) is 3.78. The van der Waals surface area contributed by atoms with Gasteiger partial charge in [-0.1, -0.05) is 98.3 Å². The molecule has 0 saturated heterocycles. The fraction of sp³-hybridized carbons (Fsp3) is 0.241. The lowest BCUT2D eigenvalue weighted by molar-refractivity contribution is -0.118. The van der Waals surface area contributed by atoms with Crippen LogP contribution in [0.15, 0.2) is 78.9 Å². The topological polar surface area (TPSA) is 84.0 Å². The third-order valence-electron chi connectivity index (χ3n) is 5.84. The van der Waals surface area contributed by atoms with Crippen LogP contribution in [0.3, 0.4) is 0 Å². The highest BCUT2D eigenvalue weighted by Gasteiger charge is 2.24. The highest BCUT2D eigenvalue weighted by Crippen LogP contribution is 2.27. The van der Waals surface area contributed by atoms with Crippen LogP contribution in [0.25, 0.3) is 10.6 Å². The van der Waals surface area contributed by atoms with Gasteiger partial charge in [0.15, 0.2) is 0 Å². The maximum Gasteiger partial charge on any atom is 0.251 e. The Hall–Kier alpha value is -3.84. The number of aromatic nitrogens is 2. The second kappa shape index (κ2) is 10.8. The number of aryl methyl sites for hydroxylation is 1. The molecule has 0 aliphatic heterocycles. The molecule has 2 N–H and O–H groups in total. The largest absolute Gasteiger partial charge is 0.340 e. The molecule has 0 fully saturated rings. The third kappa shape index (κ3) is 6.43. The number of nitrogens with one attached hydrogen (secondary N) is 2. The van der Waals surface area contributed by atoms with Gasteiger partial charge in [-0.15, -0.1) is 10.2 Å². The Labute approximate surface area is 215 Å². The lowest BCUT2D eigenvalue weighted by atomic mass is 9.86. The first-order chi connectivity index (χ1) is 17.2. The molecule has 0 aliphatic rings. The molecular formula is C29H30N4O2S. The second-order valence-corrected chi connectivity index (χ2v) is 10.8. The molecule has 6 nitrogen and oxygen atoms in total. The first kappa shape index (κ1) is 25.3. The van der Waals surface area contributed by atoms with Crippen molar-refractivity contribution in [3.05, 3.63) is 101 Å². The zero-order valence-corrected chi connectivity index (χ0v) is 21.7. The first-order valence-corrected chi connectivity index (χ1v) is 12.7. The van der Waals surface area contributed by atoms with E-state index in [0.717, 1.165) is 27.3 Å². The van der Waals surface area contributed by atoms with Crippen LogP contribution in [0.2, 0.25) is 0 Å². The monoisotopic (exact) mass is 498 g/mol. The summed E-state index contributed by atoms with van der Waals surface area (Å²) in [5, 5.41) is 15.2. The van der Waals surface area contributed by atoms with Crippen LogP contribution in [0.5, 0.6) is 0 Å². The van der Waals surface area contributed by atoms with Crippen LogP contribution in [-0.4, -0.2) is 28.1 Å². The van der Waals surface area contributed by atoms with Crippen molar-refractivity contribution < 1.29 is 9.59 Å². The van der Waals surface area contributed by atoms with Crippen LogP contribution in [0, 0.1) is 6.92 Å². The van der Waals surface area contributed by atoms with Gasteiger partial charge in [0.2, 0.25) is 11.0 Å². The number of anilines is 1. The maximum absolute atomic E-state index is 13.3. The minimum absolute atomic E-state index is 0.0101. The van der Waals surface area contributed by atoms with E-state index in [1.54, 1.807) is 12.1 Å². The molecule has 4 aromatic rings. The molecule has 0 saturated carbocycles. The first-order valence-electron chi connectivity index (χ1n) is 11.9. The van der Waals surface area contributed by atoms with Gasteiger partial charge in [0.05, 0.1) is 0 Å². The van der Waals surface area contributed by atoms with E-state index in [4.69, 9.17) is 0 Å². The van der Waals surface area contributed by atoms with Crippen molar-refractivity contribution in [2.45, 2.75) is 45.6 Å².